The van der Waals surface area contributed by atoms with Crippen LogP contribution in [0.3, 0.4) is 0 Å². The van der Waals surface area contributed by atoms with Gasteiger partial charge in [-0.3, -0.25) is 19.3 Å². The second kappa shape index (κ2) is 10.6. The van der Waals surface area contributed by atoms with Gasteiger partial charge < -0.3 is 14.8 Å². The van der Waals surface area contributed by atoms with Crippen LogP contribution in [0.25, 0.3) is 0 Å². The van der Waals surface area contributed by atoms with Gasteiger partial charge in [0.15, 0.2) is 6.61 Å². The van der Waals surface area contributed by atoms with Crippen LogP contribution >= 0.6 is 0 Å². The van der Waals surface area contributed by atoms with E-state index in [9.17, 15) is 19.2 Å². The highest BCUT2D eigenvalue weighted by atomic mass is 16.5. The van der Waals surface area contributed by atoms with Crippen molar-refractivity contribution in [3.63, 3.8) is 0 Å². The van der Waals surface area contributed by atoms with E-state index in [0.29, 0.717) is 29.6 Å². The molecule has 2 saturated carbocycles. The van der Waals surface area contributed by atoms with Crippen LogP contribution in [0.4, 0.5) is 11.4 Å². The highest BCUT2D eigenvalue weighted by molar-refractivity contribution is 6.22. The third kappa shape index (κ3) is 4.53. The molecule has 5 atom stereocenters. The molecular formula is C32H30N2O6. The van der Waals surface area contributed by atoms with Crippen LogP contribution in [0.2, 0.25) is 0 Å². The van der Waals surface area contributed by atoms with E-state index >= 15 is 0 Å². The van der Waals surface area contributed by atoms with Crippen LogP contribution in [0.5, 0.6) is 5.75 Å². The van der Waals surface area contributed by atoms with Crippen molar-refractivity contribution >= 4 is 35.1 Å². The Hall–Kier alpha value is -4.46. The molecule has 8 heteroatoms. The molecule has 2 bridgehead atoms. The summed E-state index contributed by atoms with van der Waals surface area (Å²) in [6.45, 7) is 1.82. The zero-order valence-corrected chi connectivity index (χ0v) is 22.1. The Morgan fingerprint density at radius 1 is 0.875 bits per heavy atom. The Balaban J connectivity index is 1.09. The van der Waals surface area contributed by atoms with Crippen molar-refractivity contribution < 1.29 is 28.7 Å². The monoisotopic (exact) mass is 538 g/mol. The molecule has 1 aliphatic heterocycles. The van der Waals surface area contributed by atoms with Crippen LogP contribution in [0.15, 0.2) is 78.9 Å². The maximum atomic E-state index is 13.5. The molecule has 6 rings (SSSR count). The Labute approximate surface area is 232 Å². The highest BCUT2D eigenvalue weighted by Crippen LogP contribution is 2.61. The maximum Gasteiger partial charge on any atom is 0.338 e. The van der Waals surface area contributed by atoms with Gasteiger partial charge in [-0.05, 0) is 79.5 Å². The van der Waals surface area contributed by atoms with E-state index in [1.54, 1.807) is 36.4 Å². The Morgan fingerprint density at radius 2 is 1.57 bits per heavy atom. The molecule has 3 aliphatic rings. The van der Waals surface area contributed by atoms with Gasteiger partial charge in [0.1, 0.15) is 5.75 Å². The number of amides is 3. The first kappa shape index (κ1) is 25.8. The number of fused-ring (bicyclic) bond motifs is 5. The van der Waals surface area contributed by atoms with E-state index in [4.69, 9.17) is 9.47 Å². The molecule has 8 nitrogen and oxygen atoms in total. The van der Waals surface area contributed by atoms with E-state index < -0.39 is 18.5 Å². The Bertz CT molecular complexity index is 1450. The maximum absolute atomic E-state index is 13.5. The minimum absolute atomic E-state index is 0.145. The summed E-state index contributed by atoms with van der Waals surface area (Å²) in [6.07, 6.45) is 1.84. The van der Waals surface area contributed by atoms with Crippen LogP contribution in [0.1, 0.15) is 41.6 Å². The molecule has 3 aromatic rings. The normalized spacial score (nSPS) is 24.6. The number of ether oxygens (including phenoxy) is 2. The standard InChI is InChI=1S/C32H30N2O6/c1-2-39-26-11-7-6-10-25(26)33-27(35)18-40-32(38)20-12-14-22(15-13-20)34-30(36)28-21-16-23(19-8-4-3-5-9-19)24(17-21)29(28)31(34)37/h3-15,21,23-24,28-29H,2,16-18H2,1H3,(H,33,35)/t21-,23-,24+,28+,29+/m0/s1. The van der Waals surface area contributed by atoms with Crippen molar-refractivity contribution in [2.75, 3.05) is 23.4 Å². The fourth-order valence-electron chi connectivity index (χ4n) is 6.80. The summed E-state index contributed by atoms with van der Waals surface area (Å²) in [5, 5.41) is 2.68. The van der Waals surface area contributed by atoms with Crippen LogP contribution < -0.4 is 15.0 Å². The van der Waals surface area contributed by atoms with E-state index in [-0.39, 0.29) is 41.0 Å². The van der Waals surface area contributed by atoms with Crippen molar-refractivity contribution in [2.24, 2.45) is 23.7 Å². The Morgan fingerprint density at radius 3 is 2.33 bits per heavy atom. The van der Waals surface area contributed by atoms with E-state index in [1.807, 2.05) is 25.1 Å². The molecule has 0 spiro atoms. The number of imide groups is 1. The molecule has 2 aliphatic carbocycles. The van der Waals surface area contributed by atoms with Crippen LogP contribution in [-0.4, -0.2) is 36.9 Å². The van der Waals surface area contributed by atoms with Crippen molar-refractivity contribution in [2.45, 2.75) is 25.7 Å². The lowest BCUT2D eigenvalue weighted by Gasteiger charge is -2.28. The zero-order chi connectivity index (χ0) is 27.8. The van der Waals surface area contributed by atoms with E-state index in [0.717, 1.165) is 12.8 Å². The number of carbonyl (C=O) groups is 4. The fourth-order valence-corrected chi connectivity index (χ4v) is 6.80. The third-order valence-electron chi connectivity index (χ3n) is 8.40. The topological polar surface area (TPSA) is 102 Å². The number of rotatable bonds is 8. The molecule has 1 heterocycles. The second-order valence-corrected chi connectivity index (χ2v) is 10.6. The van der Waals surface area contributed by atoms with Crippen molar-refractivity contribution in [3.8, 4) is 5.75 Å². The summed E-state index contributed by atoms with van der Waals surface area (Å²) >= 11 is 0. The summed E-state index contributed by atoms with van der Waals surface area (Å²) in [6, 6.07) is 23.4. The average molecular weight is 539 g/mol. The number of hydrogen-bond donors (Lipinski definition) is 1. The quantitative estimate of drug-likeness (QED) is 0.326. The SMILES string of the molecule is CCOc1ccccc1NC(=O)COC(=O)c1ccc(N2C(=O)[C@@H]3[C@@H]4C[C@@H]([C@H]3C2=O)[C@H](c2ccccc2)C4)cc1. The number of nitrogens with one attached hydrogen (secondary N) is 1. The summed E-state index contributed by atoms with van der Waals surface area (Å²) in [4.78, 5) is 53.2. The second-order valence-electron chi connectivity index (χ2n) is 10.6. The van der Waals surface area contributed by atoms with Gasteiger partial charge >= 0.3 is 5.97 Å². The fraction of sp³-hybridized carbons (Fsp3) is 0.312. The first-order valence-electron chi connectivity index (χ1n) is 13.7. The van der Waals surface area contributed by atoms with E-state index in [1.165, 1.54) is 22.6 Å². The summed E-state index contributed by atoms with van der Waals surface area (Å²) in [5.41, 5.74) is 2.39. The van der Waals surface area contributed by atoms with Gasteiger partial charge in [-0.15, -0.1) is 0 Å². The third-order valence-corrected chi connectivity index (χ3v) is 8.40. The van der Waals surface area contributed by atoms with Crippen molar-refractivity contribution in [3.05, 3.63) is 90.0 Å². The zero-order valence-electron chi connectivity index (χ0n) is 22.1. The van der Waals surface area contributed by atoms with Gasteiger partial charge in [-0.2, -0.15) is 0 Å². The number of nitrogens with zero attached hydrogens (tertiary/aromatic N) is 1. The smallest absolute Gasteiger partial charge is 0.338 e. The number of esters is 1. The molecular weight excluding hydrogens is 508 g/mol. The number of anilines is 2. The van der Waals surface area contributed by atoms with Crippen LogP contribution in [0, 0.1) is 23.7 Å². The molecule has 3 fully saturated rings. The van der Waals surface area contributed by atoms with Gasteiger partial charge in [-0.1, -0.05) is 42.5 Å². The summed E-state index contributed by atoms with van der Waals surface area (Å²) in [7, 11) is 0. The number of para-hydroxylation sites is 2. The minimum Gasteiger partial charge on any atom is -0.492 e. The molecule has 0 radical (unpaired) electrons. The molecule has 1 saturated heterocycles. The molecule has 3 aromatic carbocycles. The molecule has 1 N–H and O–H groups in total. The molecule has 3 amide bonds. The number of carbonyl (C=O) groups excluding carboxylic acids is 4. The minimum atomic E-state index is -0.681. The molecule has 0 unspecified atom stereocenters. The van der Waals surface area contributed by atoms with Gasteiger partial charge in [0.25, 0.3) is 5.91 Å². The predicted octanol–water partition coefficient (Wildman–Crippen LogP) is 4.81. The van der Waals surface area contributed by atoms with E-state index in [2.05, 4.69) is 17.4 Å². The van der Waals surface area contributed by atoms with Gasteiger partial charge in [0, 0.05) is 0 Å². The molecule has 40 heavy (non-hydrogen) atoms. The summed E-state index contributed by atoms with van der Waals surface area (Å²) < 4.78 is 10.7. The average Bonchev–Trinajstić information content (AvgIpc) is 3.64. The number of hydrogen-bond acceptors (Lipinski definition) is 6. The first-order chi connectivity index (χ1) is 19.5. The molecule has 204 valence electrons. The van der Waals surface area contributed by atoms with Gasteiger partial charge in [0.2, 0.25) is 11.8 Å². The predicted molar refractivity (Wildman–Crippen MR) is 148 cm³/mol. The Kier molecular flexibility index (Phi) is 6.84. The van der Waals surface area contributed by atoms with Gasteiger partial charge in [0.05, 0.1) is 35.4 Å². The highest BCUT2D eigenvalue weighted by Gasteiger charge is 2.64. The first-order valence-corrected chi connectivity index (χ1v) is 13.7. The molecule has 0 aromatic heterocycles. The lowest BCUT2D eigenvalue weighted by atomic mass is 9.73. The van der Waals surface area contributed by atoms with Crippen molar-refractivity contribution in [1.82, 2.24) is 0 Å². The summed E-state index contributed by atoms with van der Waals surface area (Å²) in [5.74, 6) is -0.843. The van der Waals surface area contributed by atoms with Crippen molar-refractivity contribution in [1.29, 1.82) is 0 Å². The largest absolute Gasteiger partial charge is 0.492 e. The lowest BCUT2D eigenvalue weighted by molar-refractivity contribution is -0.123. The van der Waals surface area contributed by atoms with Crippen LogP contribution in [-0.2, 0) is 19.1 Å². The van der Waals surface area contributed by atoms with Gasteiger partial charge in [-0.25, -0.2) is 4.79 Å². The number of benzene rings is 3. The lowest BCUT2D eigenvalue weighted by Crippen LogP contribution is -2.33.